The highest BCUT2D eigenvalue weighted by Gasteiger charge is 2.14. The van der Waals surface area contributed by atoms with Gasteiger partial charge in [-0.15, -0.1) is 0 Å². The minimum absolute atomic E-state index is 0.0365. The molecule has 1 unspecified atom stereocenters. The van der Waals surface area contributed by atoms with Crippen LogP contribution in [0, 0.1) is 0 Å². The molecule has 0 spiro atoms. The van der Waals surface area contributed by atoms with Crippen molar-refractivity contribution in [3.05, 3.63) is 56.7 Å². The lowest BCUT2D eigenvalue weighted by Crippen LogP contribution is -2.18. The topological polar surface area (TPSA) is 34.1 Å². The first-order chi connectivity index (χ1) is 10.0. The van der Waals surface area contributed by atoms with E-state index in [-0.39, 0.29) is 6.04 Å². The molecule has 1 N–H and O–H groups in total. The number of pyridine rings is 1. The fourth-order valence-corrected chi connectivity index (χ4v) is 2.60. The molecule has 1 aromatic heterocycles. The van der Waals surface area contributed by atoms with Crippen molar-refractivity contribution in [1.82, 2.24) is 10.3 Å². The number of rotatable bonds is 5. The predicted molar refractivity (Wildman–Crippen MR) is 87.5 cm³/mol. The number of hydrogen-bond acceptors (Lipinski definition) is 3. The average molecular weight is 346 g/mol. The summed E-state index contributed by atoms with van der Waals surface area (Å²) in [6.07, 6.45) is 1.77. The van der Waals surface area contributed by atoms with Crippen LogP contribution in [0.4, 0.5) is 0 Å². The van der Waals surface area contributed by atoms with E-state index in [1.54, 1.807) is 19.4 Å². The van der Waals surface area contributed by atoms with Crippen LogP contribution >= 0.6 is 34.8 Å². The Bertz CT molecular complexity index is 617. The van der Waals surface area contributed by atoms with Gasteiger partial charge < -0.3 is 10.1 Å². The van der Waals surface area contributed by atoms with E-state index in [2.05, 4.69) is 10.3 Å². The third-order valence-electron chi connectivity index (χ3n) is 3.15. The molecule has 2 rings (SSSR count). The molecule has 1 atom stereocenters. The van der Waals surface area contributed by atoms with E-state index in [0.29, 0.717) is 27.5 Å². The van der Waals surface area contributed by atoms with E-state index >= 15 is 0 Å². The molecule has 1 aromatic carbocycles. The van der Waals surface area contributed by atoms with Gasteiger partial charge in [0, 0.05) is 24.8 Å². The molecule has 0 aliphatic heterocycles. The largest absolute Gasteiger partial charge is 0.481 e. The van der Waals surface area contributed by atoms with Crippen LogP contribution in [0.25, 0.3) is 0 Å². The van der Waals surface area contributed by atoms with Gasteiger partial charge in [0.25, 0.3) is 0 Å². The number of ether oxygens (including phenoxy) is 1. The Morgan fingerprint density at radius 3 is 2.52 bits per heavy atom. The van der Waals surface area contributed by atoms with Crippen LogP contribution in [0.3, 0.4) is 0 Å². The van der Waals surface area contributed by atoms with Crippen LogP contribution in [-0.2, 0) is 6.54 Å². The second-order valence-corrected chi connectivity index (χ2v) is 5.74. The van der Waals surface area contributed by atoms with Crippen molar-refractivity contribution < 1.29 is 4.74 Å². The summed E-state index contributed by atoms with van der Waals surface area (Å²) < 4.78 is 5.03. The average Bonchev–Trinajstić information content (AvgIpc) is 2.51. The van der Waals surface area contributed by atoms with Crippen LogP contribution in [-0.4, -0.2) is 12.1 Å². The Hall–Kier alpha value is -1.000. The van der Waals surface area contributed by atoms with Crippen LogP contribution in [0.5, 0.6) is 5.88 Å². The predicted octanol–water partition coefficient (Wildman–Crippen LogP) is 4.90. The number of benzene rings is 1. The Kier molecular flexibility index (Phi) is 5.71. The molecular weight excluding hydrogens is 331 g/mol. The lowest BCUT2D eigenvalue weighted by atomic mass is 10.1. The van der Waals surface area contributed by atoms with Gasteiger partial charge in [0.15, 0.2) is 0 Å². The fraction of sp³-hybridized carbons (Fsp3) is 0.267. The highest BCUT2D eigenvalue weighted by Crippen LogP contribution is 2.35. The molecule has 21 heavy (non-hydrogen) atoms. The summed E-state index contributed by atoms with van der Waals surface area (Å²) in [5, 5.41) is 4.70. The number of halogens is 3. The molecule has 3 nitrogen and oxygen atoms in total. The van der Waals surface area contributed by atoms with Crippen molar-refractivity contribution in [2.24, 2.45) is 0 Å². The molecule has 0 saturated carbocycles. The van der Waals surface area contributed by atoms with E-state index in [9.17, 15) is 0 Å². The minimum Gasteiger partial charge on any atom is -0.481 e. The molecule has 112 valence electrons. The molecule has 2 aromatic rings. The van der Waals surface area contributed by atoms with Gasteiger partial charge in [0.1, 0.15) is 0 Å². The number of nitrogens with one attached hydrogen (secondary N) is 1. The highest BCUT2D eigenvalue weighted by atomic mass is 35.5. The normalized spacial score (nSPS) is 12.2. The van der Waals surface area contributed by atoms with Crippen molar-refractivity contribution in [1.29, 1.82) is 0 Å². The Balaban J connectivity index is 2.04. The summed E-state index contributed by atoms with van der Waals surface area (Å²) in [6, 6.07) is 7.45. The molecule has 1 heterocycles. The van der Waals surface area contributed by atoms with Crippen molar-refractivity contribution >= 4 is 34.8 Å². The maximum absolute atomic E-state index is 6.23. The van der Waals surface area contributed by atoms with E-state index in [1.165, 1.54) is 0 Å². The summed E-state index contributed by atoms with van der Waals surface area (Å²) in [6.45, 7) is 2.68. The van der Waals surface area contributed by atoms with Crippen LogP contribution in [0.1, 0.15) is 24.1 Å². The zero-order valence-corrected chi connectivity index (χ0v) is 13.9. The number of methoxy groups -OCH3 is 1. The standard InChI is InChI=1S/C15H15Cl3N2O/c1-9(11-4-5-12(16)15(18)14(11)17)19-7-10-3-6-13(21-2)20-8-10/h3-6,8-9,19H,7H2,1-2H3. The van der Waals surface area contributed by atoms with Gasteiger partial charge in [-0.3, -0.25) is 0 Å². The second kappa shape index (κ2) is 7.32. The first kappa shape index (κ1) is 16.4. The quantitative estimate of drug-likeness (QED) is 0.783. The molecule has 0 aliphatic carbocycles. The number of nitrogens with zero attached hydrogens (tertiary/aromatic N) is 1. The molecule has 0 amide bonds. The van der Waals surface area contributed by atoms with Crippen LogP contribution < -0.4 is 10.1 Å². The van der Waals surface area contributed by atoms with Crippen molar-refractivity contribution in [2.45, 2.75) is 19.5 Å². The molecule has 6 heteroatoms. The van der Waals surface area contributed by atoms with Crippen molar-refractivity contribution in [2.75, 3.05) is 7.11 Å². The summed E-state index contributed by atoms with van der Waals surface area (Å²) in [5.41, 5.74) is 1.96. The maximum Gasteiger partial charge on any atom is 0.212 e. The summed E-state index contributed by atoms with van der Waals surface area (Å²) in [7, 11) is 1.59. The lowest BCUT2D eigenvalue weighted by molar-refractivity contribution is 0.397. The van der Waals surface area contributed by atoms with Crippen LogP contribution in [0.15, 0.2) is 30.5 Å². The number of hydrogen-bond donors (Lipinski definition) is 1. The van der Waals surface area contributed by atoms with Gasteiger partial charge in [0.05, 0.1) is 22.2 Å². The monoisotopic (exact) mass is 344 g/mol. The third-order valence-corrected chi connectivity index (χ3v) is 4.46. The molecular formula is C15H15Cl3N2O. The van der Waals surface area contributed by atoms with Gasteiger partial charge in [-0.1, -0.05) is 46.9 Å². The molecule has 0 radical (unpaired) electrons. The summed E-state index contributed by atoms with van der Waals surface area (Å²) in [4.78, 5) is 4.16. The van der Waals surface area contributed by atoms with Crippen molar-refractivity contribution in [3.63, 3.8) is 0 Å². The molecule has 0 saturated heterocycles. The molecule has 0 aliphatic rings. The highest BCUT2D eigenvalue weighted by molar-refractivity contribution is 6.48. The van der Waals surface area contributed by atoms with Gasteiger partial charge in [-0.25, -0.2) is 4.98 Å². The van der Waals surface area contributed by atoms with E-state index in [0.717, 1.165) is 11.1 Å². The zero-order chi connectivity index (χ0) is 15.4. The van der Waals surface area contributed by atoms with Crippen molar-refractivity contribution in [3.8, 4) is 5.88 Å². The lowest BCUT2D eigenvalue weighted by Gasteiger charge is -2.17. The van der Waals surface area contributed by atoms with Gasteiger partial charge in [-0.05, 0) is 24.1 Å². The van der Waals surface area contributed by atoms with E-state index in [1.807, 2.05) is 25.1 Å². The Morgan fingerprint density at radius 2 is 1.90 bits per heavy atom. The van der Waals surface area contributed by atoms with Gasteiger partial charge >= 0.3 is 0 Å². The minimum atomic E-state index is 0.0365. The Morgan fingerprint density at radius 1 is 1.14 bits per heavy atom. The third kappa shape index (κ3) is 4.01. The zero-order valence-electron chi connectivity index (χ0n) is 11.7. The smallest absolute Gasteiger partial charge is 0.212 e. The first-order valence-corrected chi connectivity index (χ1v) is 7.52. The van der Waals surface area contributed by atoms with Gasteiger partial charge in [-0.2, -0.15) is 0 Å². The first-order valence-electron chi connectivity index (χ1n) is 6.38. The van der Waals surface area contributed by atoms with E-state index in [4.69, 9.17) is 39.5 Å². The summed E-state index contributed by atoms with van der Waals surface area (Å²) in [5.74, 6) is 0.597. The SMILES string of the molecule is COc1ccc(CNC(C)c2ccc(Cl)c(Cl)c2Cl)cn1. The fourth-order valence-electron chi connectivity index (χ4n) is 1.89. The maximum atomic E-state index is 6.23. The molecule has 0 bridgehead atoms. The molecule has 0 fully saturated rings. The Labute approximate surface area is 139 Å². The summed E-state index contributed by atoms with van der Waals surface area (Å²) >= 11 is 18.2. The van der Waals surface area contributed by atoms with Crippen LogP contribution in [0.2, 0.25) is 15.1 Å². The van der Waals surface area contributed by atoms with Gasteiger partial charge in [0.2, 0.25) is 5.88 Å². The number of aromatic nitrogens is 1. The second-order valence-electron chi connectivity index (χ2n) is 4.58. The van der Waals surface area contributed by atoms with E-state index < -0.39 is 0 Å².